The first kappa shape index (κ1) is 20.2. The Labute approximate surface area is 160 Å². The fraction of sp³-hybridized carbons (Fsp3) is 0.350. The number of rotatable bonds is 6. The lowest BCUT2D eigenvalue weighted by Gasteiger charge is -2.34. The molecule has 140 valence electrons. The van der Waals surface area contributed by atoms with E-state index in [0.717, 1.165) is 30.2 Å². The predicted octanol–water partition coefficient (Wildman–Crippen LogP) is 3.29. The van der Waals surface area contributed by atoms with Crippen molar-refractivity contribution >= 4 is 18.3 Å². The number of hydrogen-bond acceptors (Lipinski definition) is 4. The molecule has 1 amide bonds. The molecule has 2 aromatic rings. The van der Waals surface area contributed by atoms with Gasteiger partial charge < -0.3 is 20.1 Å². The van der Waals surface area contributed by atoms with Gasteiger partial charge in [-0.2, -0.15) is 0 Å². The summed E-state index contributed by atoms with van der Waals surface area (Å²) in [6.07, 6.45) is 1.37. The molecule has 0 spiro atoms. The highest BCUT2D eigenvalue weighted by molar-refractivity contribution is 5.85. The number of ether oxygens (including phenoxy) is 2. The van der Waals surface area contributed by atoms with E-state index in [1.165, 1.54) is 0 Å². The molecule has 0 atom stereocenters. The van der Waals surface area contributed by atoms with E-state index >= 15 is 0 Å². The van der Waals surface area contributed by atoms with Gasteiger partial charge in [0.15, 0.2) is 0 Å². The zero-order valence-electron chi connectivity index (χ0n) is 14.9. The van der Waals surface area contributed by atoms with Crippen molar-refractivity contribution in [1.82, 2.24) is 10.6 Å². The Bertz CT molecular complexity index is 703. The molecule has 0 bridgehead atoms. The van der Waals surface area contributed by atoms with Crippen LogP contribution in [0, 0.1) is 0 Å². The van der Waals surface area contributed by atoms with Crippen LogP contribution in [0.5, 0.6) is 11.5 Å². The molecule has 5 nitrogen and oxygen atoms in total. The summed E-state index contributed by atoms with van der Waals surface area (Å²) in [5.74, 6) is 1.49. The minimum atomic E-state index is -0.719. The summed E-state index contributed by atoms with van der Waals surface area (Å²) in [4.78, 5) is 12.6. The largest absolute Gasteiger partial charge is 0.457 e. The van der Waals surface area contributed by atoms with Gasteiger partial charge in [-0.05, 0) is 55.8 Å². The van der Waals surface area contributed by atoms with Crippen LogP contribution in [0.1, 0.15) is 18.4 Å². The summed E-state index contributed by atoms with van der Waals surface area (Å²) >= 11 is 0. The highest BCUT2D eigenvalue weighted by atomic mass is 35.5. The molecule has 0 unspecified atom stereocenters. The van der Waals surface area contributed by atoms with Crippen molar-refractivity contribution in [3.63, 3.8) is 0 Å². The maximum atomic E-state index is 12.6. The number of carbonyl (C=O) groups is 1. The molecule has 3 rings (SSSR count). The van der Waals surface area contributed by atoms with Gasteiger partial charge in [0.1, 0.15) is 17.1 Å². The Kier molecular flexibility index (Phi) is 7.45. The Morgan fingerprint density at radius 2 is 1.77 bits per heavy atom. The number of methoxy groups -OCH3 is 1. The summed E-state index contributed by atoms with van der Waals surface area (Å²) in [6, 6.07) is 17.4. The Balaban J connectivity index is 0.00000243. The van der Waals surface area contributed by atoms with Gasteiger partial charge in [0.05, 0.1) is 0 Å². The topological polar surface area (TPSA) is 59.6 Å². The van der Waals surface area contributed by atoms with E-state index < -0.39 is 5.60 Å². The number of benzene rings is 2. The second-order valence-corrected chi connectivity index (χ2v) is 6.19. The molecule has 6 heteroatoms. The first-order valence-corrected chi connectivity index (χ1v) is 8.58. The van der Waals surface area contributed by atoms with Gasteiger partial charge in [-0.3, -0.25) is 4.79 Å². The lowest BCUT2D eigenvalue weighted by molar-refractivity contribution is -0.146. The normalized spacial score (nSPS) is 15.6. The predicted molar refractivity (Wildman–Crippen MR) is 104 cm³/mol. The molecular formula is C20H25ClN2O3. The quantitative estimate of drug-likeness (QED) is 0.812. The lowest BCUT2D eigenvalue weighted by atomic mass is 9.91. The molecule has 1 aliphatic rings. The van der Waals surface area contributed by atoms with Gasteiger partial charge in [-0.25, -0.2) is 0 Å². The van der Waals surface area contributed by atoms with Crippen LogP contribution < -0.4 is 15.4 Å². The second kappa shape index (κ2) is 9.57. The summed E-state index contributed by atoms with van der Waals surface area (Å²) in [6.45, 7) is 2.03. The van der Waals surface area contributed by atoms with Crippen LogP contribution in [-0.2, 0) is 16.1 Å². The van der Waals surface area contributed by atoms with Crippen LogP contribution in [0.4, 0.5) is 0 Å². The average Bonchev–Trinajstić information content (AvgIpc) is 2.68. The zero-order chi connectivity index (χ0) is 17.5. The van der Waals surface area contributed by atoms with Gasteiger partial charge >= 0.3 is 0 Å². The van der Waals surface area contributed by atoms with Crippen molar-refractivity contribution in [2.45, 2.75) is 25.0 Å². The van der Waals surface area contributed by atoms with E-state index in [4.69, 9.17) is 9.47 Å². The second-order valence-electron chi connectivity index (χ2n) is 6.19. The third kappa shape index (κ3) is 4.97. The van der Waals surface area contributed by atoms with Crippen LogP contribution in [0.3, 0.4) is 0 Å². The molecule has 2 N–H and O–H groups in total. The number of amides is 1. The van der Waals surface area contributed by atoms with Crippen molar-refractivity contribution in [3.8, 4) is 11.5 Å². The zero-order valence-corrected chi connectivity index (χ0v) is 15.7. The van der Waals surface area contributed by atoms with Crippen LogP contribution >= 0.6 is 12.4 Å². The summed E-state index contributed by atoms with van der Waals surface area (Å²) < 4.78 is 11.4. The number of carbonyl (C=O) groups excluding carboxylic acids is 1. The number of piperidine rings is 1. The number of para-hydroxylation sites is 1. The first-order chi connectivity index (χ1) is 12.2. The highest BCUT2D eigenvalue weighted by Gasteiger charge is 2.39. The summed E-state index contributed by atoms with van der Waals surface area (Å²) in [5, 5.41) is 6.26. The SMILES string of the molecule is COC1(C(=O)NCc2cccc(Oc3ccccc3)c2)CCNCC1.Cl. The Morgan fingerprint density at radius 3 is 2.46 bits per heavy atom. The molecule has 1 aliphatic heterocycles. The minimum absolute atomic E-state index is 0. The molecule has 0 aliphatic carbocycles. The number of nitrogens with one attached hydrogen (secondary N) is 2. The Hall–Kier alpha value is -2.08. The van der Waals surface area contributed by atoms with Gasteiger partial charge in [-0.1, -0.05) is 30.3 Å². The van der Waals surface area contributed by atoms with Crippen molar-refractivity contribution in [2.75, 3.05) is 20.2 Å². The fourth-order valence-electron chi connectivity index (χ4n) is 3.04. The third-order valence-electron chi connectivity index (χ3n) is 4.55. The van der Waals surface area contributed by atoms with Crippen molar-refractivity contribution in [2.24, 2.45) is 0 Å². The van der Waals surface area contributed by atoms with E-state index in [1.54, 1.807) is 7.11 Å². The molecule has 2 aromatic carbocycles. The molecule has 1 fully saturated rings. The standard InChI is InChI=1S/C20H24N2O3.ClH/c1-24-20(10-12-21-13-11-20)19(23)22-15-16-6-5-9-18(14-16)25-17-7-3-2-4-8-17;/h2-9,14,21H,10-13,15H2,1H3,(H,22,23);1H. The Morgan fingerprint density at radius 1 is 1.08 bits per heavy atom. The molecular weight excluding hydrogens is 352 g/mol. The highest BCUT2D eigenvalue weighted by Crippen LogP contribution is 2.24. The smallest absolute Gasteiger partial charge is 0.252 e. The number of hydrogen-bond donors (Lipinski definition) is 2. The van der Waals surface area contributed by atoms with Gasteiger partial charge in [0.2, 0.25) is 0 Å². The van der Waals surface area contributed by atoms with Gasteiger partial charge in [0, 0.05) is 13.7 Å². The lowest BCUT2D eigenvalue weighted by Crippen LogP contribution is -2.53. The monoisotopic (exact) mass is 376 g/mol. The van der Waals surface area contributed by atoms with Crippen LogP contribution in [0.2, 0.25) is 0 Å². The van der Waals surface area contributed by atoms with Crippen LogP contribution in [0.25, 0.3) is 0 Å². The maximum Gasteiger partial charge on any atom is 0.252 e. The van der Waals surface area contributed by atoms with E-state index in [1.807, 2.05) is 54.6 Å². The van der Waals surface area contributed by atoms with Crippen molar-refractivity contribution < 1.29 is 14.3 Å². The fourth-order valence-corrected chi connectivity index (χ4v) is 3.04. The van der Waals surface area contributed by atoms with E-state index in [0.29, 0.717) is 19.4 Å². The molecule has 26 heavy (non-hydrogen) atoms. The van der Waals surface area contributed by atoms with E-state index in [2.05, 4.69) is 10.6 Å². The summed E-state index contributed by atoms with van der Waals surface area (Å²) in [7, 11) is 1.61. The maximum absolute atomic E-state index is 12.6. The van der Waals surface area contributed by atoms with Crippen molar-refractivity contribution in [3.05, 3.63) is 60.2 Å². The molecule has 0 saturated carbocycles. The van der Waals surface area contributed by atoms with Crippen molar-refractivity contribution in [1.29, 1.82) is 0 Å². The molecule has 1 heterocycles. The van der Waals surface area contributed by atoms with Gasteiger partial charge in [-0.15, -0.1) is 12.4 Å². The minimum Gasteiger partial charge on any atom is -0.457 e. The molecule has 0 aromatic heterocycles. The van der Waals surface area contributed by atoms with Crippen LogP contribution in [-0.4, -0.2) is 31.7 Å². The third-order valence-corrected chi connectivity index (χ3v) is 4.55. The van der Waals surface area contributed by atoms with E-state index in [-0.39, 0.29) is 18.3 Å². The van der Waals surface area contributed by atoms with E-state index in [9.17, 15) is 4.79 Å². The number of halogens is 1. The molecule has 1 saturated heterocycles. The average molecular weight is 377 g/mol. The van der Waals surface area contributed by atoms with Crippen LogP contribution in [0.15, 0.2) is 54.6 Å². The molecule has 0 radical (unpaired) electrons. The van der Waals surface area contributed by atoms with Gasteiger partial charge in [0.25, 0.3) is 5.91 Å². The first-order valence-electron chi connectivity index (χ1n) is 8.58. The summed E-state index contributed by atoms with van der Waals surface area (Å²) in [5.41, 5.74) is 0.269.